The highest BCUT2D eigenvalue weighted by molar-refractivity contribution is 5.90. The topological polar surface area (TPSA) is 60.9 Å². The Kier molecular flexibility index (Phi) is 5.30. The number of rotatable bonds is 3. The van der Waals surface area contributed by atoms with Gasteiger partial charge in [-0.05, 0) is 25.0 Å². The summed E-state index contributed by atoms with van der Waals surface area (Å²) < 4.78 is 0. The van der Waals surface area contributed by atoms with E-state index in [0.29, 0.717) is 32.7 Å². The minimum Gasteiger partial charge on any atom is -0.339 e. The Morgan fingerprint density at radius 3 is 2.27 bits per heavy atom. The second-order valence-electron chi connectivity index (χ2n) is 7.12. The summed E-state index contributed by atoms with van der Waals surface area (Å²) in [5.41, 5.74) is 2.16. The van der Waals surface area contributed by atoms with E-state index in [4.69, 9.17) is 0 Å². The van der Waals surface area contributed by atoms with Gasteiger partial charge in [0.1, 0.15) is 0 Å². The number of carbonyl (C=O) groups is 3. The van der Waals surface area contributed by atoms with Crippen LogP contribution in [0.15, 0.2) is 24.3 Å². The van der Waals surface area contributed by atoms with Crippen molar-refractivity contribution in [3.05, 3.63) is 35.4 Å². The van der Waals surface area contributed by atoms with Crippen molar-refractivity contribution in [2.45, 2.75) is 33.2 Å². The molecule has 2 atom stereocenters. The first-order valence-electron chi connectivity index (χ1n) is 9.33. The molecule has 6 heteroatoms. The molecule has 0 aromatic heterocycles. The number of piperazine rings is 1. The number of aryl methyl sites for hydroxylation is 1. The fraction of sp³-hybridized carbons (Fsp3) is 0.550. The van der Waals surface area contributed by atoms with Crippen LogP contribution in [0.3, 0.4) is 0 Å². The largest absolute Gasteiger partial charge is 0.339 e. The van der Waals surface area contributed by atoms with Crippen molar-refractivity contribution in [2.75, 3.05) is 32.7 Å². The molecule has 3 rings (SSSR count). The molecule has 2 fully saturated rings. The Bertz CT molecular complexity index is 710. The van der Waals surface area contributed by atoms with E-state index in [1.165, 1.54) is 0 Å². The highest BCUT2D eigenvalue weighted by Gasteiger charge is 2.45. The van der Waals surface area contributed by atoms with Crippen molar-refractivity contribution >= 4 is 17.7 Å². The van der Waals surface area contributed by atoms with Crippen molar-refractivity contribution < 1.29 is 14.4 Å². The number of benzene rings is 1. The Balaban J connectivity index is 1.83. The van der Waals surface area contributed by atoms with Gasteiger partial charge in [0.15, 0.2) is 0 Å². The summed E-state index contributed by atoms with van der Waals surface area (Å²) in [4.78, 5) is 42.7. The number of hydrogen-bond donors (Lipinski definition) is 0. The molecule has 0 radical (unpaired) electrons. The molecule has 1 aromatic carbocycles. The molecule has 3 amide bonds. The maximum atomic E-state index is 13.2. The van der Waals surface area contributed by atoms with Crippen molar-refractivity contribution in [1.82, 2.24) is 14.7 Å². The summed E-state index contributed by atoms with van der Waals surface area (Å²) in [6, 6.07) is 7.79. The van der Waals surface area contributed by atoms with E-state index >= 15 is 0 Å². The second kappa shape index (κ2) is 7.48. The molecular formula is C20H27N3O3. The van der Waals surface area contributed by atoms with Gasteiger partial charge in [0.05, 0.1) is 12.0 Å². The van der Waals surface area contributed by atoms with Gasteiger partial charge in [-0.25, -0.2) is 0 Å². The number of nitrogens with zero attached hydrogens (tertiary/aromatic N) is 3. The van der Waals surface area contributed by atoms with E-state index < -0.39 is 0 Å². The number of amides is 3. The summed E-state index contributed by atoms with van der Waals surface area (Å²) in [7, 11) is 0. The minimum atomic E-state index is -0.354. The van der Waals surface area contributed by atoms with E-state index in [9.17, 15) is 14.4 Å². The number of hydrogen-bond acceptors (Lipinski definition) is 3. The van der Waals surface area contributed by atoms with E-state index in [1.54, 1.807) is 11.8 Å². The van der Waals surface area contributed by atoms with Gasteiger partial charge in [-0.2, -0.15) is 0 Å². The fourth-order valence-corrected chi connectivity index (χ4v) is 4.16. The second-order valence-corrected chi connectivity index (χ2v) is 7.12. The third kappa shape index (κ3) is 3.32. The summed E-state index contributed by atoms with van der Waals surface area (Å²) >= 11 is 0. The maximum absolute atomic E-state index is 13.2. The van der Waals surface area contributed by atoms with Crippen LogP contribution in [-0.2, 0) is 14.4 Å². The molecule has 0 aliphatic carbocycles. The monoisotopic (exact) mass is 357 g/mol. The first kappa shape index (κ1) is 18.4. The van der Waals surface area contributed by atoms with Gasteiger partial charge in [0.25, 0.3) is 0 Å². The molecule has 0 N–H and O–H groups in total. The lowest BCUT2D eigenvalue weighted by atomic mass is 9.89. The standard InChI is InChI=1S/C20H27N3O3/c1-4-23-18(25)13-17(19(23)16-8-6-5-7-14(16)2)20(26)22-11-9-21(10-12-22)15(3)24/h5-8,17,19H,4,9-13H2,1-3H3/t17-,19+/m1/s1. The van der Waals surface area contributed by atoms with Crippen molar-refractivity contribution in [3.8, 4) is 0 Å². The van der Waals surface area contributed by atoms with Gasteiger partial charge in [-0.1, -0.05) is 24.3 Å². The highest BCUT2D eigenvalue weighted by atomic mass is 16.2. The Labute approximate surface area is 154 Å². The zero-order valence-electron chi connectivity index (χ0n) is 15.8. The van der Waals surface area contributed by atoms with E-state index in [2.05, 4.69) is 0 Å². The average Bonchev–Trinajstić information content (AvgIpc) is 2.97. The number of likely N-dealkylation sites (tertiary alicyclic amines) is 1. The van der Waals surface area contributed by atoms with Crippen molar-refractivity contribution in [1.29, 1.82) is 0 Å². The molecule has 26 heavy (non-hydrogen) atoms. The SMILES string of the molecule is CCN1C(=O)C[C@@H](C(=O)N2CCN(C(C)=O)CC2)[C@@H]1c1ccccc1C. The van der Waals surface area contributed by atoms with Gasteiger partial charge >= 0.3 is 0 Å². The molecule has 2 heterocycles. The normalized spacial score (nSPS) is 23.5. The van der Waals surface area contributed by atoms with E-state index in [-0.39, 0.29) is 36.1 Å². The van der Waals surface area contributed by atoms with Crippen molar-refractivity contribution in [3.63, 3.8) is 0 Å². The molecule has 0 saturated carbocycles. The maximum Gasteiger partial charge on any atom is 0.228 e. The molecule has 0 unspecified atom stereocenters. The zero-order valence-corrected chi connectivity index (χ0v) is 15.8. The molecule has 0 bridgehead atoms. The van der Waals surface area contributed by atoms with Crippen LogP contribution in [-0.4, -0.2) is 65.1 Å². The quantitative estimate of drug-likeness (QED) is 0.825. The molecule has 2 aliphatic rings. The lowest BCUT2D eigenvalue weighted by Crippen LogP contribution is -2.52. The predicted molar refractivity (Wildman–Crippen MR) is 98.2 cm³/mol. The van der Waals surface area contributed by atoms with Gasteiger partial charge in [0.2, 0.25) is 17.7 Å². The van der Waals surface area contributed by atoms with Gasteiger partial charge in [-0.3, -0.25) is 14.4 Å². The Morgan fingerprint density at radius 1 is 1.08 bits per heavy atom. The first-order valence-corrected chi connectivity index (χ1v) is 9.33. The van der Waals surface area contributed by atoms with Crippen LogP contribution >= 0.6 is 0 Å². The van der Waals surface area contributed by atoms with Crippen LogP contribution in [0.2, 0.25) is 0 Å². The molecule has 140 valence electrons. The predicted octanol–water partition coefficient (Wildman–Crippen LogP) is 1.60. The highest BCUT2D eigenvalue weighted by Crippen LogP contribution is 2.40. The molecule has 2 aliphatic heterocycles. The molecule has 1 aromatic rings. The smallest absolute Gasteiger partial charge is 0.228 e. The summed E-state index contributed by atoms with van der Waals surface area (Å²) in [6.45, 7) is 8.34. The third-order valence-corrected chi connectivity index (χ3v) is 5.63. The van der Waals surface area contributed by atoms with E-state index in [1.807, 2.05) is 47.9 Å². The van der Waals surface area contributed by atoms with E-state index in [0.717, 1.165) is 11.1 Å². The van der Waals surface area contributed by atoms with Crippen LogP contribution in [0.25, 0.3) is 0 Å². The number of carbonyl (C=O) groups excluding carboxylic acids is 3. The lowest BCUT2D eigenvalue weighted by Gasteiger charge is -2.37. The minimum absolute atomic E-state index is 0.0331. The molecular weight excluding hydrogens is 330 g/mol. The van der Waals surface area contributed by atoms with Crippen LogP contribution in [0.1, 0.15) is 37.4 Å². The molecule has 6 nitrogen and oxygen atoms in total. The summed E-state index contributed by atoms with van der Waals surface area (Å²) in [5.74, 6) is -0.234. The zero-order chi connectivity index (χ0) is 18.8. The van der Waals surface area contributed by atoms with Crippen LogP contribution in [0.5, 0.6) is 0 Å². The average molecular weight is 357 g/mol. The Morgan fingerprint density at radius 2 is 1.69 bits per heavy atom. The van der Waals surface area contributed by atoms with Crippen molar-refractivity contribution in [2.24, 2.45) is 5.92 Å². The van der Waals surface area contributed by atoms with Crippen LogP contribution in [0, 0.1) is 12.8 Å². The van der Waals surface area contributed by atoms with Crippen LogP contribution in [0.4, 0.5) is 0 Å². The molecule has 2 saturated heterocycles. The third-order valence-electron chi connectivity index (χ3n) is 5.63. The molecule has 0 spiro atoms. The van der Waals surface area contributed by atoms with Gasteiger partial charge in [-0.15, -0.1) is 0 Å². The lowest BCUT2D eigenvalue weighted by molar-refractivity contribution is -0.142. The van der Waals surface area contributed by atoms with Gasteiger partial charge < -0.3 is 14.7 Å². The Hall–Kier alpha value is -2.37. The van der Waals surface area contributed by atoms with Crippen LogP contribution < -0.4 is 0 Å². The fourth-order valence-electron chi connectivity index (χ4n) is 4.16. The summed E-state index contributed by atoms with van der Waals surface area (Å²) in [6.07, 6.45) is 0.262. The van der Waals surface area contributed by atoms with Gasteiger partial charge in [0, 0.05) is 46.1 Å². The first-order chi connectivity index (χ1) is 12.4. The summed E-state index contributed by atoms with van der Waals surface area (Å²) in [5, 5.41) is 0.